The molecule has 1 heterocycles. The zero-order valence-electron chi connectivity index (χ0n) is 14.6. The first kappa shape index (κ1) is 23.0. The molecule has 0 radical (unpaired) electrons. The molecule has 0 N–H and O–H groups in total. The summed E-state index contributed by atoms with van der Waals surface area (Å²) in [6, 6.07) is 6.77. The molecule has 0 saturated heterocycles. The predicted octanol–water partition coefficient (Wildman–Crippen LogP) is -1.35. The van der Waals surface area contributed by atoms with Gasteiger partial charge >= 0.3 is 51.4 Å². The van der Waals surface area contributed by atoms with E-state index in [1.807, 2.05) is 6.07 Å². The van der Waals surface area contributed by atoms with Gasteiger partial charge in [-0.1, -0.05) is 38.9 Å². The van der Waals surface area contributed by atoms with Crippen LogP contribution in [0.2, 0.25) is 24.2 Å². The Morgan fingerprint density at radius 3 is 2.43 bits per heavy atom. The van der Waals surface area contributed by atoms with E-state index < -0.39 is 14.0 Å². The van der Waals surface area contributed by atoms with Gasteiger partial charge in [0.25, 0.3) is 0 Å². The van der Waals surface area contributed by atoms with Gasteiger partial charge in [-0.3, -0.25) is 0 Å². The molecule has 0 aliphatic heterocycles. The van der Waals surface area contributed by atoms with E-state index in [0.29, 0.717) is 19.8 Å². The first-order valence-corrected chi connectivity index (χ1v) is 10.6. The maximum absolute atomic E-state index is 10.9. The van der Waals surface area contributed by atoms with Gasteiger partial charge in [0.1, 0.15) is 12.0 Å². The van der Waals surface area contributed by atoms with Crippen molar-refractivity contribution < 1.29 is 66.0 Å². The van der Waals surface area contributed by atoms with Gasteiger partial charge in [-0.15, -0.1) is 0 Å². The molecule has 8 heteroatoms. The van der Waals surface area contributed by atoms with Gasteiger partial charge in [0.15, 0.2) is 11.5 Å². The minimum atomic E-state index is -1.38. The van der Waals surface area contributed by atoms with Crippen LogP contribution in [0.15, 0.2) is 6.20 Å². The summed E-state index contributed by atoms with van der Waals surface area (Å²) in [5, 5.41) is 19.7. The van der Waals surface area contributed by atoms with Gasteiger partial charge in [0.05, 0.1) is 14.7 Å². The van der Waals surface area contributed by atoms with Crippen molar-refractivity contribution in [3.8, 4) is 6.07 Å². The standard InChI is InChI=1S/C15H25N3O3Si.K/c1-4-22(5-2,6-3)10-9-21-8-7-18-12-13(11-16)17-14(18)15(19)20;/h12H,4-10H2,1-3H3,(H,19,20);/q;+1/p-1. The normalized spacial score (nSPS) is 10.9. The Bertz CT molecular complexity index is 530. The second-order valence-corrected chi connectivity index (χ2v) is 11.1. The predicted molar refractivity (Wildman–Crippen MR) is 84.1 cm³/mol. The average Bonchev–Trinajstić information content (AvgIpc) is 2.95. The van der Waals surface area contributed by atoms with E-state index >= 15 is 0 Å². The van der Waals surface area contributed by atoms with Crippen LogP contribution < -0.4 is 56.5 Å². The largest absolute Gasteiger partial charge is 1.00 e. The van der Waals surface area contributed by atoms with E-state index in [9.17, 15) is 9.90 Å². The molecule has 0 aromatic carbocycles. The van der Waals surface area contributed by atoms with E-state index in [2.05, 4.69) is 25.8 Å². The SMILES string of the molecule is CC[Si](CC)(CC)CCOCCn1cc(C#N)nc1C(=O)[O-].[K+]. The monoisotopic (exact) mass is 361 g/mol. The number of hydrogen-bond donors (Lipinski definition) is 0. The smallest absolute Gasteiger partial charge is 0.542 e. The molecule has 6 nitrogen and oxygen atoms in total. The molecule has 0 saturated carbocycles. The van der Waals surface area contributed by atoms with Crippen LogP contribution in [0.25, 0.3) is 0 Å². The Morgan fingerprint density at radius 2 is 1.96 bits per heavy atom. The van der Waals surface area contributed by atoms with Crippen molar-refractivity contribution in [1.82, 2.24) is 9.55 Å². The molecule has 1 aromatic rings. The second-order valence-electron chi connectivity index (χ2n) is 5.47. The van der Waals surface area contributed by atoms with E-state index in [4.69, 9.17) is 10.00 Å². The van der Waals surface area contributed by atoms with Crippen molar-refractivity contribution in [2.75, 3.05) is 13.2 Å². The van der Waals surface area contributed by atoms with Crippen LogP contribution >= 0.6 is 0 Å². The zero-order chi connectivity index (χ0) is 16.6. The molecule has 122 valence electrons. The summed E-state index contributed by atoms with van der Waals surface area (Å²) >= 11 is 0. The number of carboxylic acids is 1. The molecule has 1 aromatic heterocycles. The summed E-state index contributed by atoms with van der Waals surface area (Å²) in [4.78, 5) is 14.6. The van der Waals surface area contributed by atoms with Gasteiger partial charge in [0, 0.05) is 19.3 Å². The molecular formula is C15H24KN3O3Si. The van der Waals surface area contributed by atoms with Crippen LogP contribution in [0.3, 0.4) is 0 Å². The zero-order valence-corrected chi connectivity index (χ0v) is 18.7. The topological polar surface area (TPSA) is 91.0 Å². The Morgan fingerprint density at radius 1 is 1.35 bits per heavy atom. The number of aromatic nitrogens is 2. The van der Waals surface area contributed by atoms with Crippen LogP contribution in [0, 0.1) is 11.3 Å². The third-order valence-electron chi connectivity index (χ3n) is 4.58. The third-order valence-corrected chi connectivity index (χ3v) is 10.3. The number of imidazole rings is 1. The molecule has 0 unspecified atom stereocenters. The van der Waals surface area contributed by atoms with Crippen molar-refractivity contribution in [3.05, 3.63) is 17.7 Å². The molecule has 23 heavy (non-hydrogen) atoms. The van der Waals surface area contributed by atoms with Gasteiger partial charge in [-0.05, 0) is 6.04 Å². The van der Waals surface area contributed by atoms with E-state index in [0.717, 1.165) is 6.04 Å². The summed E-state index contributed by atoms with van der Waals surface area (Å²) in [7, 11) is -1.17. The van der Waals surface area contributed by atoms with Gasteiger partial charge in [-0.2, -0.15) is 5.26 Å². The molecule has 0 aliphatic carbocycles. The van der Waals surface area contributed by atoms with Crippen molar-refractivity contribution in [1.29, 1.82) is 5.26 Å². The fourth-order valence-corrected chi connectivity index (χ4v) is 5.78. The number of carbonyl (C=O) groups is 1. The van der Waals surface area contributed by atoms with Crippen LogP contribution in [0.5, 0.6) is 0 Å². The quantitative estimate of drug-likeness (QED) is 0.379. The summed E-state index contributed by atoms with van der Waals surface area (Å²) < 4.78 is 7.07. The average molecular weight is 362 g/mol. The third kappa shape index (κ3) is 6.78. The molecule has 0 amide bonds. The number of aromatic carboxylic acids is 1. The van der Waals surface area contributed by atoms with Crippen molar-refractivity contribution in [3.63, 3.8) is 0 Å². The minimum Gasteiger partial charge on any atom is -0.542 e. The summed E-state index contributed by atoms with van der Waals surface area (Å²) in [6.45, 7) is 8.27. The van der Waals surface area contributed by atoms with Crippen LogP contribution in [0.4, 0.5) is 0 Å². The molecule has 0 bridgehead atoms. The van der Waals surface area contributed by atoms with Crippen molar-refractivity contribution in [2.45, 2.75) is 51.5 Å². The molecule has 0 spiro atoms. The fourth-order valence-electron chi connectivity index (χ4n) is 2.64. The molecular weight excluding hydrogens is 337 g/mol. The second kappa shape index (κ2) is 11.5. The number of carbonyl (C=O) groups excluding carboxylic acids is 1. The Hall–Kier alpha value is -0.0168. The van der Waals surface area contributed by atoms with E-state index in [-0.39, 0.29) is 62.9 Å². The molecule has 0 fully saturated rings. The summed E-state index contributed by atoms with van der Waals surface area (Å²) in [5.41, 5.74) is 0.0774. The summed E-state index contributed by atoms with van der Waals surface area (Å²) in [6.07, 6.45) is 1.41. The van der Waals surface area contributed by atoms with Gasteiger partial charge in [-0.25, -0.2) is 4.98 Å². The number of rotatable bonds is 10. The number of ether oxygens (including phenoxy) is 1. The first-order chi connectivity index (χ1) is 10.5. The minimum absolute atomic E-state index is 0. The number of nitrogens with zero attached hydrogens (tertiary/aromatic N) is 3. The van der Waals surface area contributed by atoms with Crippen LogP contribution in [-0.2, 0) is 11.3 Å². The number of carboxylic acid groups (broad SMARTS) is 1. The first-order valence-electron chi connectivity index (χ1n) is 7.78. The van der Waals surface area contributed by atoms with Gasteiger partial charge in [0.2, 0.25) is 0 Å². The summed E-state index contributed by atoms with van der Waals surface area (Å²) in [5.74, 6) is -1.60. The number of hydrogen-bond acceptors (Lipinski definition) is 5. The number of nitriles is 1. The Kier molecular flexibility index (Phi) is 11.5. The van der Waals surface area contributed by atoms with Crippen molar-refractivity contribution >= 4 is 14.0 Å². The van der Waals surface area contributed by atoms with E-state index in [1.165, 1.54) is 28.9 Å². The van der Waals surface area contributed by atoms with Crippen LogP contribution in [0.1, 0.15) is 37.1 Å². The van der Waals surface area contributed by atoms with Gasteiger partial charge < -0.3 is 19.2 Å². The fraction of sp³-hybridized carbons (Fsp3) is 0.667. The Balaban J connectivity index is 0.00000484. The maximum atomic E-state index is 10.9. The maximum Gasteiger partial charge on any atom is 1.00 e. The molecule has 1 rings (SSSR count). The van der Waals surface area contributed by atoms with Crippen molar-refractivity contribution in [2.24, 2.45) is 0 Å². The molecule has 0 aliphatic rings. The van der Waals surface area contributed by atoms with E-state index in [1.54, 1.807) is 0 Å². The molecule has 0 atom stereocenters. The van der Waals surface area contributed by atoms with Crippen LogP contribution in [-0.4, -0.2) is 36.8 Å². The Labute approximate surface area is 181 Å².